The van der Waals surface area contributed by atoms with Crippen LogP contribution in [-0.2, 0) is 0 Å². The molecule has 0 saturated heterocycles. The summed E-state index contributed by atoms with van der Waals surface area (Å²) in [6.07, 6.45) is 0. The third kappa shape index (κ3) is 5.91. The molecule has 346 valence electrons. The van der Waals surface area contributed by atoms with Crippen LogP contribution in [0.3, 0.4) is 0 Å². The average molecular weight is 1020 g/mol. The van der Waals surface area contributed by atoms with Crippen molar-refractivity contribution in [3.05, 3.63) is 243 Å². The summed E-state index contributed by atoms with van der Waals surface area (Å²) in [5.74, 6) is 0. The minimum atomic E-state index is 0.0509. The fourth-order valence-electron chi connectivity index (χ4n) is 13.0. The summed E-state index contributed by atoms with van der Waals surface area (Å²) in [7, 11) is 0. The second-order valence-corrected chi connectivity index (χ2v) is 22.3. The topological polar surface area (TPSA) is 26.3 Å². The number of furan rings is 2. The predicted molar refractivity (Wildman–Crippen MR) is 320 cm³/mol. The van der Waals surface area contributed by atoms with Crippen molar-refractivity contribution in [2.24, 2.45) is 0 Å². The molecule has 17 aromatic rings. The summed E-state index contributed by atoms with van der Waals surface area (Å²) < 4.78 is 16.0. The fraction of sp³-hybridized carbons (Fsp3) is 0. The quantitative estimate of drug-likeness (QED) is 0.130. The minimum absolute atomic E-state index is 0.0509. The van der Waals surface area contributed by atoms with E-state index in [2.05, 4.69) is 243 Å². The van der Waals surface area contributed by atoms with E-state index in [9.17, 15) is 0 Å². The fourth-order valence-corrected chi connectivity index (χ4v) is 15.6. The van der Waals surface area contributed by atoms with Gasteiger partial charge in [-0.2, -0.15) is 0 Å². The summed E-state index contributed by atoms with van der Waals surface area (Å²) in [5.41, 5.74) is 13.7. The van der Waals surface area contributed by atoms with Crippen LogP contribution in [0, 0.1) is 0 Å². The standard InChI is InChI=1S/C72H40O2Se/c1-3-16-46-41(14-1)28-34-57-61-38-43(31-36-63(61)73-70(46)57)66-49-18-5-7-20-51(49)68(52-21-8-6-19-50(52)66)45-30-33-48-59-26-13-27-60(72(59)75-65(48)40-45)69-55-24-11-9-22-53(55)67(54-23-10-12-25-56(54)69)44-32-37-64-62(39-44)58-35-29-42-15-2-4-17-47(42)71(58)74-64/h1-40H. The number of benzene rings is 14. The van der Waals surface area contributed by atoms with Gasteiger partial charge in [-0.1, -0.05) is 54.6 Å². The molecule has 0 aliphatic carbocycles. The van der Waals surface area contributed by atoms with Crippen LogP contribution in [0.2, 0.25) is 0 Å². The Morgan fingerprint density at radius 3 is 1.08 bits per heavy atom. The number of hydrogen-bond acceptors (Lipinski definition) is 2. The van der Waals surface area contributed by atoms with E-state index in [1.165, 1.54) is 118 Å². The monoisotopic (exact) mass is 1020 g/mol. The van der Waals surface area contributed by atoms with Crippen LogP contribution >= 0.6 is 0 Å². The Balaban J connectivity index is 0.841. The van der Waals surface area contributed by atoms with E-state index in [1.54, 1.807) is 0 Å². The van der Waals surface area contributed by atoms with Crippen LogP contribution in [-0.4, -0.2) is 14.5 Å². The molecular formula is C72H40O2Se. The molecule has 0 bridgehead atoms. The maximum atomic E-state index is 6.60. The Morgan fingerprint density at radius 2 is 0.613 bits per heavy atom. The first-order valence-corrected chi connectivity index (χ1v) is 27.4. The first-order chi connectivity index (χ1) is 37.2. The molecule has 0 radical (unpaired) electrons. The molecule has 0 aliphatic rings. The molecule has 75 heavy (non-hydrogen) atoms. The van der Waals surface area contributed by atoms with E-state index in [0.29, 0.717) is 0 Å². The van der Waals surface area contributed by atoms with Gasteiger partial charge in [0, 0.05) is 5.39 Å². The number of rotatable bonds is 4. The van der Waals surface area contributed by atoms with E-state index >= 15 is 0 Å². The van der Waals surface area contributed by atoms with Crippen LogP contribution in [0.1, 0.15) is 0 Å². The van der Waals surface area contributed by atoms with E-state index < -0.39 is 0 Å². The average Bonchev–Trinajstić information content (AvgIpc) is 4.20. The summed E-state index contributed by atoms with van der Waals surface area (Å²) in [4.78, 5) is 0. The van der Waals surface area contributed by atoms with E-state index in [1.807, 2.05) is 0 Å². The normalized spacial score (nSPS) is 12.3. The molecule has 0 aliphatic heterocycles. The van der Waals surface area contributed by atoms with Gasteiger partial charge in [-0.25, -0.2) is 0 Å². The predicted octanol–water partition coefficient (Wildman–Crippen LogP) is 20.4. The van der Waals surface area contributed by atoms with Crippen molar-refractivity contribution in [3.63, 3.8) is 0 Å². The zero-order valence-electron chi connectivity index (χ0n) is 40.3. The first-order valence-electron chi connectivity index (χ1n) is 25.7. The van der Waals surface area contributed by atoms with Gasteiger partial charge >= 0.3 is 368 Å². The van der Waals surface area contributed by atoms with E-state index in [-0.39, 0.29) is 14.5 Å². The molecule has 0 saturated carbocycles. The zero-order chi connectivity index (χ0) is 48.9. The maximum absolute atomic E-state index is 6.60. The third-order valence-electron chi connectivity index (χ3n) is 16.2. The number of hydrogen-bond donors (Lipinski definition) is 0. The Kier molecular flexibility index (Phi) is 8.60. The molecule has 3 heteroatoms. The van der Waals surface area contributed by atoms with Crippen molar-refractivity contribution in [1.29, 1.82) is 0 Å². The molecule has 0 fully saturated rings. The number of fused-ring (bicyclic) bond motifs is 17. The SMILES string of the molecule is c1ccc2c(c1)ccc1c3cc(-c4c5ccccc5c(-c5ccc6c(c5)[se]c5c(-c7c8ccccc8c(-c8ccc9oc%10c%11ccccc%11ccc%10c9c8)c8ccccc78)cccc56)c5ccccc45)ccc3oc21. The van der Waals surface area contributed by atoms with Gasteiger partial charge in [0.05, 0.1) is 0 Å². The molecule has 0 amide bonds. The van der Waals surface area contributed by atoms with Gasteiger partial charge in [-0.05, 0) is 10.8 Å². The molecule has 2 nitrogen and oxygen atoms in total. The van der Waals surface area contributed by atoms with Crippen molar-refractivity contribution in [2.45, 2.75) is 0 Å². The van der Waals surface area contributed by atoms with Crippen LogP contribution < -0.4 is 0 Å². The van der Waals surface area contributed by atoms with Crippen LogP contribution in [0.4, 0.5) is 0 Å². The first kappa shape index (κ1) is 41.3. The molecular weight excluding hydrogens is 976 g/mol. The van der Waals surface area contributed by atoms with Crippen molar-refractivity contribution >= 4 is 142 Å². The second-order valence-electron chi connectivity index (χ2n) is 20.1. The van der Waals surface area contributed by atoms with Gasteiger partial charge in [0.15, 0.2) is 0 Å². The summed E-state index contributed by atoms with van der Waals surface area (Å²) >= 11 is 0.0509. The third-order valence-corrected chi connectivity index (χ3v) is 18.7. The zero-order valence-corrected chi connectivity index (χ0v) is 42.0. The molecule has 17 rings (SSSR count). The van der Waals surface area contributed by atoms with E-state index in [0.717, 1.165) is 54.6 Å². The van der Waals surface area contributed by atoms with Crippen LogP contribution in [0.15, 0.2) is 251 Å². The van der Waals surface area contributed by atoms with Crippen LogP contribution in [0.25, 0.3) is 172 Å². The summed E-state index contributed by atoms with van der Waals surface area (Å²) in [6, 6.07) is 89.8. The summed E-state index contributed by atoms with van der Waals surface area (Å²) in [6.45, 7) is 0. The van der Waals surface area contributed by atoms with Crippen molar-refractivity contribution in [2.75, 3.05) is 0 Å². The van der Waals surface area contributed by atoms with Crippen LogP contribution in [0.5, 0.6) is 0 Å². The van der Waals surface area contributed by atoms with Gasteiger partial charge in [-0.3, -0.25) is 0 Å². The molecule has 0 atom stereocenters. The Hall–Kier alpha value is -9.24. The van der Waals surface area contributed by atoms with Crippen molar-refractivity contribution in [1.82, 2.24) is 0 Å². The van der Waals surface area contributed by atoms with Gasteiger partial charge in [0.1, 0.15) is 0 Å². The Morgan fingerprint density at radius 1 is 0.240 bits per heavy atom. The summed E-state index contributed by atoms with van der Waals surface area (Å²) in [5, 5.41) is 21.9. The Bertz CT molecular complexity index is 5200. The Labute approximate surface area is 435 Å². The molecule has 3 heterocycles. The van der Waals surface area contributed by atoms with E-state index in [4.69, 9.17) is 8.83 Å². The van der Waals surface area contributed by atoms with Crippen molar-refractivity contribution in [3.8, 4) is 44.5 Å². The second kappa shape index (κ2) is 15.6. The molecule has 0 spiro atoms. The van der Waals surface area contributed by atoms with Gasteiger partial charge in [-0.15, -0.1) is 0 Å². The van der Waals surface area contributed by atoms with Gasteiger partial charge < -0.3 is 0 Å². The van der Waals surface area contributed by atoms with Gasteiger partial charge in [0.2, 0.25) is 0 Å². The molecule has 14 aromatic carbocycles. The molecule has 0 N–H and O–H groups in total. The van der Waals surface area contributed by atoms with Gasteiger partial charge in [0.25, 0.3) is 0 Å². The van der Waals surface area contributed by atoms with Crippen molar-refractivity contribution < 1.29 is 8.83 Å². The molecule has 3 aromatic heterocycles. The molecule has 0 unspecified atom stereocenters.